The summed E-state index contributed by atoms with van der Waals surface area (Å²) < 4.78 is 11.5. The molecule has 2 aromatic rings. The van der Waals surface area contributed by atoms with Crippen LogP contribution in [0.4, 0.5) is 10.5 Å². The summed E-state index contributed by atoms with van der Waals surface area (Å²) in [6.07, 6.45) is 10.5. The van der Waals surface area contributed by atoms with Gasteiger partial charge in [-0.3, -0.25) is 4.90 Å². The fourth-order valence-electron chi connectivity index (χ4n) is 3.92. The van der Waals surface area contributed by atoms with Crippen molar-refractivity contribution in [3.05, 3.63) is 59.7 Å². The van der Waals surface area contributed by atoms with E-state index in [-0.39, 0.29) is 12.2 Å². The average molecular weight is 424 g/mol. The van der Waals surface area contributed by atoms with Gasteiger partial charge in [0.25, 0.3) is 0 Å². The maximum atomic E-state index is 12.4. The topological polar surface area (TPSA) is 38.8 Å². The van der Waals surface area contributed by atoms with E-state index < -0.39 is 0 Å². The van der Waals surface area contributed by atoms with Gasteiger partial charge in [-0.1, -0.05) is 76.6 Å². The van der Waals surface area contributed by atoms with E-state index in [9.17, 15) is 4.79 Å². The Morgan fingerprint density at radius 3 is 2.26 bits per heavy atom. The molecule has 4 nitrogen and oxygen atoms in total. The quantitative estimate of drug-likeness (QED) is 0.314. The number of cyclic esters (lactones) is 1. The Hall–Kier alpha value is -2.49. The van der Waals surface area contributed by atoms with Crippen LogP contribution >= 0.6 is 0 Å². The zero-order valence-electron chi connectivity index (χ0n) is 19.1. The van der Waals surface area contributed by atoms with E-state index in [0.29, 0.717) is 6.54 Å². The lowest BCUT2D eigenvalue weighted by Gasteiger charge is -2.14. The number of anilines is 1. The number of carbonyl (C=O) groups excluding carboxylic acids is 1. The number of nitrogens with zero attached hydrogens (tertiary/aromatic N) is 1. The Labute approximate surface area is 187 Å². The zero-order valence-corrected chi connectivity index (χ0v) is 19.1. The molecule has 1 aliphatic rings. The number of carbonyl (C=O) groups is 1. The smallest absolute Gasteiger partial charge is 0.415 e. The SMILES string of the molecule is CCCCCCCCOc1ccc(C2CN(c3ccc(CCCC)cc3)C(=O)O2)cc1. The van der Waals surface area contributed by atoms with E-state index >= 15 is 0 Å². The van der Waals surface area contributed by atoms with Crippen LogP contribution in [0.15, 0.2) is 48.5 Å². The van der Waals surface area contributed by atoms with Gasteiger partial charge in [0.2, 0.25) is 0 Å². The second-order valence-corrected chi connectivity index (χ2v) is 8.44. The Kier molecular flexibility index (Phi) is 9.26. The maximum Gasteiger partial charge on any atom is 0.415 e. The van der Waals surface area contributed by atoms with Crippen molar-refractivity contribution in [3.63, 3.8) is 0 Å². The van der Waals surface area contributed by atoms with Crippen LogP contribution in [0.25, 0.3) is 0 Å². The summed E-state index contributed by atoms with van der Waals surface area (Å²) in [5.41, 5.74) is 3.21. The molecule has 0 aromatic heterocycles. The molecule has 1 heterocycles. The molecular weight excluding hydrogens is 386 g/mol. The number of rotatable bonds is 13. The van der Waals surface area contributed by atoms with Gasteiger partial charge < -0.3 is 9.47 Å². The van der Waals surface area contributed by atoms with Crippen LogP contribution in [-0.2, 0) is 11.2 Å². The van der Waals surface area contributed by atoms with E-state index in [1.54, 1.807) is 4.90 Å². The van der Waals surface area contributed by atoms with Gasteiger partial charge in [0.15, 0.2) is 0 Å². The highest BCUT2D eigenvalue weighted by Gasteiger charge is 2.33. The van der Waals surface area contributed by atoms with E-state index in [1.165, 1.54) is 50.5 Å². The van der Waals surface area contributed by atoms with Crippen molar-refractivity contribution in [2.45, 2.75) is 77.7 Å². The highest BCUT2D eigenvalue weighted by atomic mass is 16.6. The molecule has 0 aliphatic carbocycles. The molecule has 3 rings (SSSR count). The van der Waals surface area contributed by atoms with Crippen LogP contribution in [0.3, 0.4) is 0 Å². The number of unbranched alkanes of at least 4 members (excludes halogenated alkanes) is 6. The first kappa shape index (κ1) is 23.2. The standard InChI is InChI=1S/C27H37NO3/c1-3-5-7-8-9-10-20-30-25-18-14-23(15-19-25)26-21-28(27(29)31-26)24-16-12-22(13-17-24)11-6-4-2/h12-19,26H,3-11,20-21H2,1-2H3. The summed E-state index contributed by atoms with van der Waals surface area (Å²) in [6.45, 7) is 5.72. The highest BCUT2D eigenvalue weighted by Crippen LogP contribution is 2.31. The lowest BCUT2D eigenvalue weighted by Crippen LogP contribution is -2.23. The molecule has 0 bridgehead atoms. The van der Waals surface area contributed by atoms with Crippen LogP contribution in [0.2, 0.25) is 0 Å². The van der Waals surface area contributed by atoms with Gasteiger partial charge >= 0.3 is 6.09 Å². The molecule has 1 aliphatic heterocycles. The first-order valence-electron chi connectivity index (χ1n) is 12.0. The first-order chi connectivity index (χ1) is 15.2. The van der Waals surface area contributed by atoms with Gasteiger partial charge in [-0.15, -0.1) is 0 Å². The van der Waals surface area contributed by atoms with Crippen LogP contribution in [0, 0.1) is 0 Å². The Bertz CT molecular complexity index is 785. The predicted octanol–water partition coefficient (Wildman–Crippen LogP) is 7.47. The van der Waals surface area contributed by atoms with Crippen molar-refractivity contribution in [1.82, 2.24) is 0 Å². The third kappa shape index (κ3) is 7.02. The number of hydrogen-bond acceptors (Lipinski definition) is 3. The molecule has 168 valence electrons. The summed E-state index contributed by atoms with van der Waals surface area (Å²) in [6, 6.07) is 16.2. The van der Waals surface area contributed by atoms with E-state index in [4.69, 9.17) is 9.47 Å². The van der Waals surface area contributed by atoms with Gasteiger partial charge in [0.1, 0.15) is 11.9 Å². The number of ether oxygens (including phenoxy) is 2. The Morgan fingerprint density at radius 2 is 1.55 bits per heavy atom. The van der Waals surface area contributed by atoms with Crippen LogP contribution in [-0.4, -0.2) is 19.2 Å². The fourth-order valence-corrected chi connectivity index (χ4v) is 3.92. The molecular formula is C27H37NO3. The second-order valence-electron chi connectivity index (χ2n) is 8.44. The number of aryl methyl sites for hydroxylation is 1. The molecule has 31 heavy (non-hydrogen) atoms. The minimum Gasteiger partial charge on any atom is -0.494 e. The van der Waals surface area contributed by atoms with Crippen molar-refractivity contribution in [1.29, 1.82) is 0 Å². The molecule has 2 aromatic carbocycles. The molecule has 1 amide bonds. The van der Waals surface area contributed by atoms with E-state index in [0.717, 1.165) is 36.4 Å². The van der Waals surface area contributed by atoms with Gasteiger partial charge in [0.05, 0.1) is 13.2 Å². The molecule has 4 heteroatoms. The normalized spacial score (nSPS) is 15.9. The van der Waals surface area contributed by atoms with Gasteiger partial charge in [-0.05, 0) is 54.7 Å². The molecule has 1 saturated heterocycles. The summed E-state index contributed by atoms with van der Waals surface area (Å²) >= 11 is 0. The Balaban J connectivity index is 1.47. The number of benzene rings is 2. The number of amides is 1. The monoisotopic (exact) mass is 423 g/mol. The van der Waals surface area contributed by atoms with Crippen molar-refractivity contribution >= 4 is 11.8 Å². The van der Waals surface area contributed by atoms with Crippen LogP contribution in [0.5, 0.6) is 5.75 Å². The third-order valence-electron chi connectivity index (χ3n) is 5.90. The highest BCUT2D eigenvalue weighted by molar-refractivity contribution is 5.89. The lowest BCUT2D eigenvalue weighted by molar-refractivity contribution is 0.142. The van der Waals surface area contributed by atoms with Crippen LogP contribution in [0.1, 0.15) is 82.4 Å². The molecule has 0 spiro atoms. The van der Waals surface area contributed by atoms with Gasteiger partial charge in [-0.25, -0.2) is 4.79 Å². The summed E-state index contributed by atoms with van der Waals surface area (Å²) in [5, 5.41) is 0. The Morgan fingerprint density at radius 1 is 0.871 bits per heavy atom. The minimum atomic E-state index is -0.283. The summed E-state index contributed by atoms with van der Waals surface area (Å²) in [4.78, 5) is 14.1. The molecule has 1 fully saturated rings. The van der Waals surface area contributed by atoms with Crippen molar-refractivity contribution in [2.24, 2.45) is 0 Å². The van der Waals surface area contributed by atoms with Crippen molar-refractivity contribution < 1.29 is 14.3 Å². The maximum absolute atomic E-state index is 12.4. The summed E-state index contributed by atoms with van der Waals surface area (Å²) in [5.74, 6) is 0.876. The van der Waals surface area contributed by atoms with Crippen LogP contribution < -0.4 is 9.64 Å². The molecule has 1 atom stereocenters. The molecule has 0 saturated carbocycles. The van der Waals surface area contributed by atoms with Gasteiger partial charge in [0, 0.05) is 5.69 Å². The third-order valence-corrected chi connectivity index (χ3v) is 5.90. The fraction of sp³-hybridized carbons (Fsp3) is 0.519. The molecule has 0 N–H and O–H groups in total. The molecule has 0 radical (unpaired) electrons. The molecule has 1 unspecified atom stereocenters. The summed E-state index contributed by atoms with van der Waals surface area (Å²) in [7, 11) is 0. The first-order valence-corrected chi connectivity index (χ1v) is 12.0. The largest absolute Gasteiger partial charge is 0.494 e. The van der Waals surface area contributed by atoms with Crippen molar-refractivity contribution in [3.8, 4) is 5.75 Å². The number of hydrogen-bond donors (Lipinski definition) is 0. The van der Waals surface area contributed by atoms with Gasteiger partial charge in [-0.2, -0.15) is 0 Å². The average Bonchev–Trinajstić information content (AvgIpc) is 3.19. The minimum absolute atomic E-state index is 0.250. The predicted molar refractivity (Wildman–Crippen MR) is 127 cm³/mol. The zero-order chi connectivity index (χ0) is 21.9. The van der Waals surface area contributed by atoms with Crippen molar-refractivity contribution in [2.75, 3.05) is 18.1 Å². The van der Waals surface area contributed by atoms with E-state index in [2.05, 4.69) is 26.0 Å². The van der Waals surface area contributed by atoms with E-state index in [1.807, 2.05) is 36.4 Å². The lowest BCUT2D eigenvalue weighted by atomic mass is 10.1. The second kappa shape index (κ2) is 12.4.